The molecule has 1 aromatic rings. The molecule has 0 saturated heterocycles. The van der Waals surface area contributed by atoms with Crippen molar-refractivity contribution in [2.75, 3.05) is 0 Å². The topological polar surface area (TPSA) is 65.8 Å². The number of carbonyl (C=O) groups is 1. The fourth-order valence-electron chi connectivity index (χ4n) is 4.60. The van der Waals surface area contributed by atoms with Crippen molar-refractivity contribution in [1.29, 1.82) is 5.26 Å². The van der Waals surface area contributed by atoms with E-state index in [1.165, 1.54) is 37.4 Å². The lowest BCUT2D eigenvalue weighted by molar-refractivity contribution is -0.121. The summed E-state index contributed by atoms with van der Waals surface area (Å²) in [5.41, 5.74) is 2.37. The Morgan fingerprint density at radius 2 is 2.12 bits per heavy atom. The number of hydrogen-bond donors (Lipinski definition) is 1. The van der Waals surface area contributed by atoms with Crippen LogP contribution in [0.2, 0.25) is 0 Å². The van der Waals surface area contributed by atoms with Gasteiger partial charge in [-0.1, -0.05) is 18.2 Å². The average Bonchev–Trinajstić information content (AvgIpc) is 3.17. The fraction of sp³-hybridized carbons (Fsp3) is 0.650. The third-order valence-corrected chi connectivity index (χ3v) is 6.97. The van der Waals surface area contributed by atoms with Gasteiger partial charge in [0, 0.05) is 11.7 Å². The second-order valence-corrected chi connectivity index (χ2v) is 9.10. The number of aryl methyl sites for hydroxylation is 2. The molecule has 5 heteroatoms. The predicted octanol–water partition coefficient (Wildman–Crippen LogP) is 3.99. The van der Waals surface area contributed by atoms with Gasteiger partial charge >= 0.3 is 0 Å². The van der Waals surface area contributed by atoms with Crippen molar-refractivity contribution in [2.24, 2.45) is 17.8 Å². The number of nitriles is 1. The molecule has 0 aromatic carbocycles. The molecule has 2 saturated carbocycles. The third kappa shape index (κ3) is 3.84. The van der Waals surface area contributed by atoms with Crippen LogP contribution in [0.1, 0.15) is 56.4 Å². The van der Waals surface area contributed by atoms with Gasteiger partial charge in [0.15, 0.2) is 0 Å². The molecule has 1 N–H and O–H groups in total. The molecule has 5 atom stereocenters. The number of aromatic nitrogens is 1. The van der Waals surface area contributed by atoms with Crippen molar-refractivity contribution in [1.82, 2.24) is 10.3 Å². The zero-order chi connectivity index (χ0) is 18.1. The fourth-order valence-corrected chi connectivity index (χ4v) is 5.63. The maximum atomic E-state index is 12.6. The van der Waals surface area contributed by atoms with Crippen molar-refractivity contribution in [3.05, 3.63) is 22.9 Å². The Balaban J connectivity index is 1.62. The van der Waals surface area contributed by atoms with Gasteiger partial charge in [0.05, 0.1) is 10.8 Å². The average molecular weight is 358 g/mol. The van der Waals surface area contributed by atoms with Crippen LogP contribution in [-0.4, -0.2) is 22.2 Å². The zero-order valence-electron chi connectivity index (χ0n) is 15.5. The quantitative estimate of drug-likeness (QED) is 0.809. The monoisotopic (exact) mass is 357 g/mol. The summed E-state index contributed by atoms with van der Waals surface area (Å²) in [4.78, 5) is 17.1. The Kier molecular flexibility index (Phi) is 5.38. The van der Waals surface area contributed by atoms with Crippen molar-refractivity contribution in [2.45, 2.75) is 69.7 Å². The van der Waals surface area contributed by atoms with Crippen LogP contribution in [0.3, 0.4) is 0 Å². The standard InChI is InChI=1S/C20H27N3OS/c1-11-7-12(2)22-20(18(11)10-21)25-14(4)19(24)23-13(3)17-9-15-5-6-16(17)8-15/h7,13-17H,5-6,8-9H2,1-4H3,(H,23,24)/t13-,14+,15-,16-,17-/m0/s1. The number of thioether (sulfide) groups is 1. The molecule has 1 aromatic heterocycles. The minimum atomic E-state index is -0.262. The van der Waals surface area contributed by atoms with E-state index in [-0.39, 0.29) is 17.2 Å². The molecule has 0 radical (unpaired) electrons. The van der Waals surface area contributed by atoms with E-state index in [4.69, 9.17) is 0 Å². The van der Waals surface area contributed by atoms with E-state index in [1.54, 1.807) is 0 Å². The molecule has 2 bridgehead atoms. The Bertz CT molecular complexity index is 712. The van der Waals surface area contributed by atoms with E-state index in [2.05, 4.69) is 23.3 Å². The minimum absolute atomic E-state index is 0.0464. The normalized spacial score (nSPS) is 26.9. The van der Waals surface area contributed by atoms with Gasteiger partial charge in [0.2, 0.25) is 5.91 Å². The lowest BCUT2D eigenvalue weighted by Gasteiger charge is -2.29. The van der Waals surface area contributed by atoms with E-state index < -0.39 is 0 Å². The first-order valence-electron chi connectivity index (χ1n) is 9.24. The van der Waals surface area contributed by atoms with Gasteiger partial charge in [0.25, 0.3) is 0 Å². The second-order valence-electron chi connectivity index (χ2n) is 7.77. The van der Waals surface area contributed by atoms with Crippen LogP contribution >= 0.6 is 11.8 Å². The van der Waals surface area contributed by atoms with Crippen LogP contribution in [-0.2, 0) is 4.79 Å². The Morgan fingerprint density at radius 3 is 2.72 bits per heavy atom. The van der Waals surface area contributed by atoms with Crippen molar-refractivity contribution in [3.63, 3.8) is 0 Å². The lowest BCUT2D eigenvalue weighted by atomic mass is 9.84. The molecule has 1 heterocycles. The summed E-state index contributed by atoms with van der Waals surface area (Å²) in [5.74, 6) is 2.37. The smallest absolute Gasteiger partial charge is 0.233 e. The second kappa shape index (κ2) is 7.37. The minimum Gasteiger partial charge on any atom is -0.352 e. The number of fused-ring (bicyclic) bond motifs is 2. The number of carbonyl (C=O) groups excluding carboxylic acids is 1. The van der Waals surface area contributed by atoms with E-state index in [0.717, 1.165) is 23.1 Å². The molecule has 2 aliphatic carbocycles. The molecule has 4 nitrogen and oxygen atoms in total. The van der Waals surface area contributed by atoms with Crippen LogP contribution in [0.25, 0.3) is 0 Å². The van der Waals surface area contributed by atoms with Gasteiger partial charge < -0.3 is 5.32 Å². The van der Waals surface area contributed by atoms with Gasteiger partial charge in [-0.05, 0) is 76.3 Å². The van der Waals surface area contributed by atoms with Gasteiger partial charge in [-0.25, -0.2) is 4.98 Å². The zero-order valence-corrected chi connectivity index (χ0v) is 16.3. The summed E-state index contributed by atoms with van der Waals surface area (Å²) in [6.07, 6.45) is 5.33. The Morgan fingerprint density at radius 1 is 1.36 bits per heavy atom. The van der Waals surface area contributed by atoms with Crippen molar-refractivity contribution in [3.8, 4) is 6.07 Å². The Hall–Kier alpha value is -1.54. The third-order valence-electron chi connectivity index (χ3n) is 5.89. The highest BCUT2D eigenvalue weighted by Gasteiger charge is 2.42. The molecular formula is C20H27N3OS. The summed E-state index contributed by atoms with van der Waals surface area (Å²) in [7, 11) is 0. The number of hydrogen-bond acceptors (Lipinski definition) is 4. The first kappa shape index (κ1) is 18.3. The predicted molar refractivity (Wildman–Crippen MR) is 100 cm³/mol. The van der Waals surface area contributed by atoms with Gasteiger partial charge in [-0.15, -0.1) is 0 Å². The van der Waals surface area contributed by atoms with Crippen LogP contribution in [0.4, 0.5) is 0 Å². The van der Waals surface area contributed by atoms with Crippen LogP contribution < -0.4 is 5.32 Å². The number of amides is 1. The Labute approximate surface area is 154 Å². The van der Waals surface area contributed by atoms with Crippen molar-refractivity contribution < 1.29 is 4.79 Å². The number of nitrogens with zero attached hydrogens (tertiary/aromatic N) is 2. The van der Waals surface area contributed by atoms with E-state index >= 15 is 0 Å². The highest BCUT2D eigenvalue weighted by molar-refractivity contribution is 8.00. The molecule has 2 fully saturated rings. The molecule has 0 spiro atoms. The number of pyridine rings is 1. The van der Waals surface area contributed by atoms with Crippen LogP contribution in [0, 0.1) is 42.9 Å². The van der Waals surface area contributed by atoms with Gasteiger partial charge in [-0.2, -0.15) is 5.26 Å². The molecule has 134 valence electrons. The van der Waals surface area contributed by atoms with Crippen LogP contribution in [0.15, 0.2) is 11.1 Å². The summed E-state index contributed by atoms with van der Waals surface area (Å²) in [5, 5.41) is 13.0. The summed E-state index contributed by atoms with van der Waals surface area (Å²) in [6.45, 7) is 7.88. The molecule has 3 rings (SSSR count). The highest BCUT2D eigenvalue weighted by atomic mass is 32.2. The summed E-state index contributed by atoms with van der Waals surface area (Å²) < 4.78 is 0. The molecule has 0 unspecified atom stereocenters. The van der Waals surface area contributed by atoms with Crippen molar-refractivity contribution >= 4 is 17.7 Å². The van der Waals surface area contributed by atoms with Crippen LogP contribution in [0.5, 0.6) is 0 Å². The first-order chi connectivity index (χ1) is 11.9. The molecule has 0 aliphatic heterocycles. The van der Waals surface area contributed by atoms with E-state index in [0.29, 0.717) is 16.5 Å². The molecule has 25 heavy (non-hydrogen) atoms. The summed E-state index contributed by atoms with van der Waals surface area (Å²) >= 11 is 1.39. The summed E-state index contributed by atoms with van der Waals surface area (Å²) in [6, 6.07) is 4.36. The largest absolute Gasteiger partial charge is 0.352 e. The van der Waals surface area contributed by atoms with E-state index in [1.807, 2.05) is 26.8 Å². The SMILES string of the molecule is Cc1cc(C)c(C#N)c(S[C@H](C)C(=O)N[C@@H](C)[C@@H]2C[C@H]3CC[C@H]2C3)n1. The van der Waals surface area contributed by atoms with E-state index in [9.17, 15) is 10.1 Å². The number of rotatable bonds is 5. The maximum absolute atomic E-state index is 12.6. The molecule has 1 amide bonds. The highest BCUT2D eigenvalue weighted by Crippen LogP contribution is 2.49. The maximum Gasteiger partial charge on any atom is 0.233 e. The van der Waals surface area contributed by atoms with Gasteiger partial charge in [-0.3, -0.25) is 4.79 Å². The number of nitrogens with one attached hydrogen (secondary N) is 1. The molecule has 2 aliphatic rings. The van der Waals surface area contributed by atoms with Gasteiger partial charge in [0.1, 0.15) is 11.1 Å². The lowest BCUT2D eigenvalue weighted by Crippen LogP contribution is -2.43. The first-order valence-corrected chi connectivity index (χ1v) is 10.1. The molecular weight excluding hydrogens is 330 g/mol.